The van der Waals surface area contributed by atoms with Crippen molar-refractivity contribution in [2.24, 2.45) is 4.99 Å². The number of amides is 1. The molecule has 0 fully saturated rings. The quantitative estimate of drug-likeness (QED) is 0.421. The van der Waals surface area contributed by atoms with Crippen LogP contribution >= 0.6 is 0 Å². The summed E-state index contributed by atoms with van der Waals surface area (Å²) in [6.07, 6.45) is 0. The van der Waals surface area contributed by atoms with E-state index in [4.69, 9.17) is 14.9 Å². The lowest BCUT2D eigenvalue weighted by atomic mass is 10.00. The maximum Gasteiger partial charge on any atom is 0.274 e. The third-order valence-electron chi connectivity index (χ3n) is 4.04. The number of fused-ring (bicyclic) bond motifs is 2. The van der Waals surface area contributed by atoms with E-state index < -0.39 is 11.7 Å². The van der Waals surface area contributed by atoms with Gasteiger partial charge >= 0.3 is 0 Å². The van der Waals surface area contributed by atoms with Crippen molar-refractivity contribution in [2.75, 3.05) is 0 Å². The summed E-state index contributed by atoms with van der Waals surface area (Å²) in [5.41, 5.74) is 4.49. The van der Waals surface area contributed by atoms with Crippen molar-refractivity contribution in [3.8, 4) is 11.5 Å². The third kappa shape index (κ3) is 2.82. The van der Waals surface area contributed by atoms with Crippen LogP contribution in [0.1, 0.15) is 21.5 Å². The van der Waals surface area contributed by atoms with Crippen LogP contribution in [0.2, 0.25) is 0 Å². The molecule has 0 radical (unpaired) electrons. The van der Waals surface area contributed by atoms with Crippen molar-refractivity contribution >= 4 is 17.3 Å². The van der Waals surface area contributed by atoms with E-state index in [2.05, 4.69) is 0 Å². The average Bonchev–Trinajstić information content (AvgIpc) is 2.83. The van der Waals surface area contributed by atoms with E-state index >= 15 is 0 Å². The lowest BCUT2D eigenvalue weighted by Crippen LogP contribution is -2.18. The zero-order valence-electron chi connectivity index (χ0n) is 13.4. The Bertz CT molecular complexity index is 1030. The Kier molecular flexibility index (Phi) is 3.95. The maximum atomic E-state index is 13.7. The van der Waals surface area contributed by atoms with E-state index in [-0.39, 0.29) is 0 Å². The second-order valence-corrected chi connectivity index (χ2v) is 5.69. The summed E-state index contributed by atoms with van der Waals surface area (Å²) in [6.45, 7) is 0. The van der Waals surface area contributed by atoms with Gasteiger partial charge in [0.1, 0.15) is 17.3 Å². The number of nitrogens with one attached hydrogen (secondary N) is 1. The van der Waals surface area contributed by atoms with E-state index in [0.29, 0.717) is 34.0 Å². The normalized spacial score (nSPS) is 12.2. The first-order valence-corrected chi connectivity index (χ1v) is 7.86. The summed E-state index contributed by atoms with van der Waals surface area (Å²) in [5.74, 6) is -0.107. The molecule has 1 amide bonds. The molecular weight excluding hydrogens is 335 g/mol. The number of para-hydroxylation sites is 2. The molecule has 3 aromatic rings. The lowest BCUT2D eigenvalue weighted by Gasteiger charge is -2.10. The van der Waals surface area contributed by atoms with Gasteiger partial charge in [-0.05, 0) is 36.4 Å². The molecule has 0 unspecified atom stereocenters. The molecule has 0 saturated heterocycles. The summed E-state index contributed by atoms with van der Waals surface area (Å²) in [6, 6.07) is 18.1. The van der Waals surface area contributed by atoms with Crippen LogP contribution < -0.4 is 10.2 Å². The minimum atomic E-state index is -0.601. The minimum Gasteiger partial charge on any atom is -0.454 e. The van der Waals surface area contributed by atoms with Gasteiger partial charge in [0.2, 0.25) is 0 Å². The van der Waals surface area contributed by atoms with Crippen LogP contribution in [-0.2, 0) is 0 Å². The smallest absolute Gasteiger partial charge is 0.274 e. The van der Waals surface area contributed by atoms with Gasteiger partial charge < -0.3 is 4.74 Å². The SMILES string of the molecule is O=C(NO)c1ccc(C2=Nc3ccccc3Oc3cc(F)ccc32)cc1. The fraction of sp³-hybridized carbons (Fsp3) is 0. The second-order valence-electron chi connectivity index (χ2n) is 5.69. The number of carbonyl (C=O) groups excluding carboxylic acids is 1. The van der Waals surface area contributed by atoms with Crippen molar-refractivity contribution in [2.45, 2.75) is 0 Å². The number of carbonyl (C=O) groups is 1. The highest BCUT2D eigenvalue weighted by Crippen LogP contribution is 2.38. The molecule has 3 aromatic carbocycles. The number of nitrogens with zero attached hydrogens (tertiary/aromatic N) is 1. The Hall–Kier alpha value is -3.51. The monoisotopic (exact) mass is 348 g/mol. The van der Waals surface area contributed by atoms with E-state index in [1.165, 1.54) is 12.1 Å². The Morgan fingerprint density at radius 2 is 1.77 bits per heavy atom. The van der Waals surface area contributed by atoms with Crippen molar-refractivity contribution < 1.29 is 19.1 Å². The summed E-state index contributed by atoms with van der Waals surface area (Å²) in [7, 11) is 0. The number of ether oxygens (including phenoxy) is 1. The van der Waals surface area contributed by atoms with Gasteiger partial charge in [0.05, 0.1) is 5.71 Å². The van der Waals surface area contributed by atoms with Crippen LogP contribution in [-0.4, -0.2) is 16.8 Å². The molecule has 0 aliphatic carbocycles. The van der Waals surface area contributed by atoms with E-state index in [1.807, 2.05) is 18.2 Å². The number of halogens is 1. The van der Waals surface area contributed by atoms with E-state index in [0.717, 1.165) is 5.56 Å². The number of hydrogen-bond donors (Lipinski definition) is 2. The zero-order chi connectivity index (χ0) is 18.1. The summed E-state index contributed by atoms with van der Waals surface area (Å²) in [4.78, 5) is 16.2. The Balaban J connectivity index is 1.88. The molecular formula is C20H13FN2O3. The van der Waals surface area contributed by atoms with E-state index in [9.17, 15) is 9.18 Å². The first-order chi connectivity index (χ1) is 12.7. The summed E-state index contributed by atoms with van der Waals surface area (Å²) < 4.78 is 19.6. The fourth-order valence-electron chi connectivity index (χ4n) is 2.78. The van der Waals surface area contributed by atoms with Crippen molar-refractivity contribution in [3.05, 3.63) is 89.2 Å². The van der Waals surface area contributed by atoms with Gasteiger partial charge in [0.15, 0.2) is 5.75 Å². The molecule has 0 bridgehead atoms. The Labute approximate surface area is 148 Å². The lowest BCUT2D eigenvalue weighted by molar-refractivity contribution is 0.0706. The molecule has 1 aliphatic rings. The topological polar surface area (TPSA) is 70.9 Å². The van der Waals surface area contributed by atoms with Crippen LogP contribution in [0.4, 0.5) is 10.1 Å². The first-order valence-electron chi connectivity index (χ1n) is 7.86. The summed E-state index contributed by atoms with van der Waals surface area (Å²) >= 11 is 0. The van der Waals surface area contributed by atoms with Crippen LogP contribution in [0.3, 0.4) is 0 Å². The maximum absolute atomic E-state index is 13.7. The molecule has 1 heterocycles. The number of benzene rings is 3. The van der Waals surface area contributed by atoms with Gasteiger partial charge in [-0.1, -0.05) is 24.3 Å². The Morgan fingerprint density at radius 3 is 2.54 bits per heavy atom. The van der Waals surface area contributed by atoms with Crippen molar-refractivity contribution in [1.29, 1.82) is 0 Å². The predicted molar refractivity (Wildman–Crippen MR) is 93.9 cm³/mol. The fourth-order valence-corrected chi connectivity index (χ4v) is 2.78. The van der Waals surface area contributed by atoms with Crippen molar-refractivity contribution in [3.63, 3.8) is 0 Å². The molecule has 5 nitrogen and oxygen atoms in total. The zero-order valence-corrected chi connectivity index (χ0v) is 13.4. The third-order valence-corrected chi connectivity index (χ3v) is 4.04. The average molecular weight is 348 g/mol. The molecule has 0 aromatic heterocycles. The van der Waals surface area contributed by atoms with Crippen LogP contribution in [0.25, 0.3) is 0 Å². The highest BCUT2D eigenvalue weighted by atomic mass is 19.1. The molecule has 26 heavy (non-hydrogen) atoms. The Morgan fingerprint density at radius 1 is 1.00 bits per heavy atom. The van der Waals surface area contributed by atoms with Gasteiger partial charge in [-0.15, -0.1) is 0 Å². The van der Waals surface area contributed by atoms with Gasteiger partial charge in [-0.2, -0.15) is 0 Å². The van der Waals surface area contributed by atoms with Crippen molar-refractivity contribution in [1.82, 2.24) is 5.48 Å². The second kappa shape index (κ2) is 6.42. The van der Waals surface area contributed by atoms with Crippen LogP contribution in [0.5, 0.6) is 11.5 Å². The highest BCUT2D eigenvalue weighted by Gasteiger charge is 2.20. The van der Waals surface area contributed by atoms with E-state index in [1.54, 1.807) is 41.9 Å². The molecule has 0 spiro atoms. The van der Waals surface area contributed by atoms with Gasteiger partial charge in [0, 0.05) is 22.8 Å². The number of hydroxylamine groups is 1. The number of aliphatic imine (C=N–C) groups is 1. The standard InChI is InChI=1S/C20H13FN2O3/c21-14-9-10-15-18(11-14)26-17-4-2-1-3-16(17)22-19(15)12-5-7-13(8-6-12)20(24)23-25/h1-11,25H,(H,23,24). The number of hydrogen-bond acceptors (Lipinski definition) is 4. The minimum absolute atomic E-state index is 0.307. The molecule has 0 saturated carbocycles. The molecule has 0 atom stereocenters. The predicted octanol–water partition coefficient (Wildman–Crippen LogP) is 4.22. The van der Waals surface area contributed by atoms with Crippen LogP contribution in [0, 0.1) is 5.82 Å². The van der Waals surface area contributed by atoms with Gasteiger partial charge in [-0.25, -0.2) is 14.9 Å². The molecule has 128 valence electrons. The van der Waals surface area contributed by atoms with Gasteiger partial charge in [-0.3, -0.25) is 10.0 Å². The first kappa shape index (κ1) is 16.0. The highest BCUT2D eigenvalue weighted by molar-refractivity contribution is 6.16. The van der Waals surface area contributed by atoms with Gasteiger partial charge in [0.25, 0.3) is 5.91 Å². The largest absolute Gasteiger partial charge is 0.454 e. The molecule has 1 aliphatic heterocycles. The molecule has 6 heteroatoms. The van der Waals surface area contributed by atoms with Crippen LogP contribution in [0.15, 0.2) is 71.7 Å². The molecule has 4 rings (SSSR count). The number of rotatable bonds is 2. The summed E-state index contributed by atoms with van der Waals surface area (Å²) in [5, 5.41) is 8.73. The molecule has 2 N–H and O–H groups in total.